The van der Waals surface area contributed by atoms with Gasteiger partial charge >= 0.3 is 0 Å². The first-order valence-corrected chi connectivity index (χ1v) is 7.00. The summed E-state index contributed by atoms with van der Waals surface area (Å²) in [6.07, 6.45) is 2.16. The molecule has 4 nitrogen and oxygen atoms in total. The van der Waals surface area contributed by atoms with E-state index in [2.05, 4.69) is 10.1 Å². The number of halogens is 1. The molecule has 0 fully saturated rings. The predicted molar refractivity (Wildman–Crippen MR) is 83.2 cm³/mol. The van der Waals surface area contributed by atoms with Crippen LogP contribution in [0.5, 0.6) is 0 Å². The summed E-state index contributed by atoms with van der Waals surface area (Å²) >= 11 is 6.17. The molecule has 0 atom stereocenters. The molecule has 2 heterocycles. The van der Waals surface area contributed by atoms with Crippen LogP contribution in [0, 0.1) is 6.92 Å². The Labute approximate surface area is 127 Å². The standard InChI is InChI=1S/C16H14ClN3O/c1-11-13(10-12-6-2-3-7-14(12)17)16(21)20(19-11)15-8-4-5-9-18-15/h2-9,19H,10H2,1H3. The maximum absolute atomic E-state index is 12.6. The summed E-state index contributed by atoms with van der Waals surface area (Å²) in [5.74, 6) is 0.580. The van der Waals surface area contributed by atoms with Crippen molar-refractivity contribution in [2.45, 2.75) is 13.3 Å². The molecule has 3 rings (SSSR count). The van der Waals surface area contributed by atoms with Crippen molar-refractivity contribution < 1.29 is 0 Å². The van der Waals surface area contributed by atoms with Crippen LogP contribution in [0.2, 0.25) is 5.02 Å². The van der Waals surface area contributed by atoms with Crippen LogP contribution >= 0.6 is 11.6 Å². The van der Waals surface area contributed by atoms with Gasteiger partial charge in [0.05, 0.1) is 0 Å². The first kappa shape index (κ1) is 13.6. The Morgan fingerprint density at radius 2 is 1.95 bits per heavy atom. The number of rotatable bonds is 3. The van der Waals surface area contributed by atoms with Gasteiger partial charge in [-0.2, -0.15) is 0 Å². The number of aromatic nitrogens is 3. The fourth-order valence-corrected chi connectivity index (χ4v) is 2.47. The van der Waals surface area contributed by atoms with Gasteiger partial charge in [0.2, 0.25) is 0 Å². The molecular formula is C16H14ClN3O. The molecule has 2 aromatic heterocycles. The SMILES string of the molecule is Cc1[nH]n(-c2ccccn2)c(=O)c1Cc1ccccc1Cl. The number of nitrogens with zero attached hydrogens (tertiary/aromatic N) is 2. The van der Waals surface area contributed by atoms with Crippen LogP contribution in [0.25, 0.3) is 5.82 Å². The lowest BCUT2D eigenvalue weighted by Crippen LogP contribution is -2.18. The molecule has 106 valence electrons. The molecule has 0 bridgehead atoms. The highest BCUT2D eigenvalue weighted by Gasteiger charge is 2.14. The summed E-state index contributed by atoms with van der Waals surface area (Å²) in [7, 11) is 0. The first-order chi connectivity index (χ1) is 10.2. The van der Waals surface area contributed by atoms with Gasteiger partial charge in [-0.3, -0.25) is 9.89 Å². The highest BCUT2D eigenvalue weighted by molar-refractivity contribution is 6.31. The first-order valence-electron chi connectivity index (χ1n) is 6.62. The van der Waals surface area contributed by atoms with Gasteiger partial charge in [-0.25, -0.2) is 9.67 Å². The van der Waals surface area contributed by atoms with Crippen molar-refractivity contribution in [3.05, 3.63) is 80.9 Å². The van der Waals surface area contributed by atoms with Crippen LogP contribution in [0.3, 0.4) is 0 Å². The van der Waals surface area contributed by atoms with Crippen LogP contribution in [0.4, 0.5) is 0 Å². The monoisotopic (exact) mass is 299 g/mol. The molecule has 0 unspecified atom stereocenters. The van der Waals surface area contributed by atoms with E-state index in [1.54, 1.807) is 12.3 Å². The number of aryl methyl sites for hydroxylation is 1. The van der Waals surface area contributed by atoms with Crippen molar-refractivity contribution in [1.82, 2.24) is 14.8 Å². The van der Waals surface area contributed by atoms with E-state index >= 15 is 0 Å². The largest absolute Gasteiger partial charge is 0.294 e. The third-order valence-corrected chi connectivity index (χ3v) is 3.77. The molecule has 0 aliphatic rings. The molecule has 0 saturated carbocycles. The molecule has 21 heavy (non-hydrogen) atoms. The van der Waals surface area contributed by atoms with Gasteiger partial charge in [-0.05, 0) is 30.7 Å². The van der Waals surface area contributed by atoms with Crippen LogP contribution < -0.4 is 5.56 Å². The molecule has 0 amide bonds. The van der Waals surface area contributed by atoms with E-state index in [1.165, 1.54) is 4.68 Å². The molecule has 5 heteroatoms. The van der Waals surface area contributed by atoms with E-state index in [0.717, 1.165) is 11.3 Å². The normalized spacial score (nSPS) is 10.8. The fraction of sp³-hybridized carbons (Fsp3) is 0.125. The van der Waals surface area contributed by atoms with E-state index < -0.39 is 0 Å². The van der Waals surface area contributed by atoms with Crippen molar-refractivity contribution in [3.8, 4) is 5.82 Å². The van der Waals surface area contributed by atoms with Crippen LogP contribution in [-0.4, -0.2) is 14.8 Å². The smallest absolute Gasteiger partial charge is 0.276 e. The Morgan fingerprint density at radius 3 is 2.67 bits per heavy atom. The highest BCUT2D eigenvalue weighted by atomic mass is 35.5. The second-order valence-electron chi connectivity index (χ2n) is 4.81. The zero-order valence-electron chi connectivity index (χ0n) is 11.5. The Bertz CT molecular complexity index is 821. The molecule has 1 N–H and O–H groups in total. The summed E-state index contributed by atoms with van der Waals surface area (Å²) in [5.41, 5.74) is 2.37. The summed E-state index contributed by atoms with van der Waals surface area (Å²) < 4.78 is 1.46. The Balaban J connectivity index is 2.04. The fourth-order valence-electron chi connectivity index (χ4n) is 2.27. The van der Waals surface area contributed by atoms with Crippen molar-refractivity contribution in [1.29, 1.82) is 0 Å². The van der Waals surface area contributed by atoms with Gasteiger partial charge in [-0.15, -0.1) is 0 Å². The van der Waals surface area contributed by atoms with Gasteiger partial charge in [0.15, 0.2) is 5.82 Å². The molecular weight excluding hydrogens is 286 g/mol. The minimum Gasteiger partial charge on any atom is -0.294 e. The lowest BCUT2D eigenvalue weighted by atomic mass is 10.1. The molecule has 0 aliphatic heterocycles. The molecule has 1 aromatic carbocycles. The van der Waals surface area contributed by atoms with Crippen LogP contribution in [0.15, 0.2) is 53.5 Å². The van der Waals surface area contributed by atoms with Crippen molar-refractivity contribution in [3.63, 3.8) is 0 Å². The third kappa shape index (κ3) is 2.62. The van der Waals surface area contributed by atoms with Gasteiger partial charge in [-0.1, -0.05) is 35.9 Å². The summed E-state index contributed by atoms with van der Waals surface area (Å²) in [6.45, 7) is 1.88. The van der Waals surface area contributed by atoms with E-state index in [4.69, 9.17) is 11.6 Å². The number of hydrogen-bond donors (Lipinski definition) is 1. The average molecular weight is 300 g/mol. The van der Waals surface area contributed by atoms with Crippen molar-refractivity contribution in [2.75, 3.05) is 0 Å². The van der Waals surface area contributed by atoms with E-state index in [9.17, 15) is 4.79 Å². The van der Waals surface area contributed by atoms with Gasteiger partial charge in [0.25, 0.3) is 5.56 Å². The Morgan fingerprint density at radius 1 is 1.19 bits per heavy atom. The number of H-pyrrole nitrogens is 1. The quantitative estimate of drug-likeness (QED) is 0.808. The third-order valence-electron chi connectivity index (χ3n) is 3.40. The Hall–Kier alpha value is -2.33. The van der Waals surface area contributed by atoms with Crippen molar-refractivity contribution >= 4 is 11.6 Å². The number of pyridine rings is 1. The summed E-state index contributed by atoms with van der Waals surface area (Å²) in [6, 6.07) is 13.0. The molecule has 3 aromatic rings. The number of aromatic amines is 1. The zero-order chi connectivity index (χ0) is 14.8. The number of nitrogens with one attached hydrogen (secondary N) is 1. The zero-order valence-corrected chi connectivity index (χ0v) is 12.3. The summed E-state index contributed by atoms with van der Waals surface area (Å²) in [4.78, 5) is 16.7. The van der Waals surface area contributed by atoms with Crippen LogP contribution in [-0.2, 0) is 6.42 Å². The van der Waals surface area contributed by atoms with Crippen LogP contribution in [0.1, 0.15) is 16.8 Å². The van der Waals surface area contributed by atoms with E-state index in [0.29, 0.717) is 22.8 Å². The second kappa shape index (κ2) is 5.58. The predicted octanol–water partition coefficient (Wildman–Crippen LogP) is 3.11. The maximum Gasteiger partial charge on any atom is 0.276 e. The highest BCUT2D eigenvalue weighted by Crippen LogP contribution is 2.19. The van der Waals surface area contributed by atoms with Gasteiger partial charge in [0.1, 0.15) is 0 Å². The maximum atomic E-state index is 12.6. The van der Waals surface area contributed by atoms with E-state index in [-0.39, 0.29) is 5.56 Å². The molecule has 0 aliphatic carbocycles. The lowest BCUT2D eigenvalue weighted by Gasteiger charge is -2.01. The second-order valence-corrected chi connectivity index (χ2v) is 5.22. The van der Waals surface area contributed by atoms with Gasteiger partial charge < -0.3 is 0 Å². The topological polar surface area (TPSA) is 50.7 Å². The number of benzene rings is 1. The van der Waals surface area contributed by atoms with E-state index in [1.807, 2.05) is 43.3 Å². The minimum absolute atomic E-state index is 0.0916. The Kier molecular flexibility index (Phi) is 3.62. The molecule has 0 saturated heterocycles. The molecule has 0 radical (unpaired) electrons. The van der Waals surface area contributed by atoms with Crippen molar-refractivity contribution in [2.24, 2.45) is 0 Å². The minimum atomic E-state index is -0.0916. The lowest BCUT2D eigenvalue weighted by molar-refractivity contribution is 0.806. The average Bonchev–Trinajstić information content (AvgIpc) is 2.78. The number of hydrogen-bond acceptors (Lipinski definition) is 2. The summed E-state index contributed by atoms with van der Waals surface area (Å²) in [5, 5.41) is 3.74. The van der Waals surface area contributed by atoms with Gasteiger partial charge in [0, 0.05) is 28.9 Å². The molecule has 0 spiro atoms.